The number of nitrogens with one attached hydrogen (secondary N) is 1. The number of hydrogen-bond donors (Lipinski definition) is 2. The molecular formula is C21H20FN3O4S. The van der Waals surface area contributed by atoms with E-state index in [2.05, 4.69) is 4.72 Å². The van der Waals surface area contributed by atoms with Crippen molar-refractivity contribution >= 4 is 21.7 Å². The summed E-state index contributed by atoms with van der Waals surface area (Å²) < 4.78 is 46.1. The average Bonchev–Trinajstić information content (AvgIpc) is 3.29. The minimum absolute atomic E-state index is 0.0579. The SMILES string of the molecule is COc1ccc(C(=O)c2ccc3n2CCC3c2ccc(NS(N)(=O)=O)cc2F)cc1. The van der Waals surface area contributed by atoms with Gasteiger partial charge in [-0.25, -0.2) is 9.53 Å². The quantitative estimate of drug-likeness (QED) is 0.588. The first-order chi connectivity index (χ1) is 14.3. The maximum atomic E-state index is 14.7. The van der Waals surface area contributed by atoms with Crippen molar-refractivity contribution in [3.05, 3.63) is 82.9 Å². The summed E-state index contributed by atoms with van der Waals surface area (Å²) in [6.07, 6.45) is 0.637. The van der Waals surface area contributed by atoms with Crippen molar-refractivity contribution in [1.29, 1.82) is 0 Å². The zero-order valence-electron chi connectivity index (χ0n) is 16.1. The number of hydrogen-bond acceptors (Lipinski definition) is 4. The molecule has 4 rings (SSSR count). The molecule has 156 valence electrons. The van der Waals surface area contributed by atoms with Gasteiger partial charge in [0.25, 0.3) is 10.2 Å². The molecule has 2 heterocycles. The van der Waals surface area contributed by atoms with Crippen molar-refractivity contribution in [2.75, 3.05) is 11.8 Å². The molecule has 0 amide bonds. The summed E-state index contributed by atoms with van der Waals surface area (Å²) in [7, 11) is -2.41. The fourth-order valence-corrected chi connectivity index (χ4v) is 4.34. The summed E-state index contributed by atoms with van der Waals surface area (Å²) in [5.41, 5.74) is 2.44. The van der Waals surface area contributed by atoms with E-state index in [-0.39, 0.29) is 17.4 Å². The van der Waals surface area contributed by atoms with Gasteiger partial charge in [-0.2, -0.15) is 8.42 Å². The molecule has 30 heavy (non-hydrogen) atoms. The van der Waals surface area contributed by atoms with Gasteiger partial charge >= 0.3 is 0 Å². The third kappa shape index (κ3) is 3.81. The molecular weight excluding hydrogens is 409 g/mol. The number of nitrogens with zero attached hydrogens (tertiary/aromatic N) is 1. The van der Waals surface area contributed by atoms with Crippen LogP contribution in [0.2, 0.25) is 0 Å². The van der Waals surface area contributed by atoms with Crippen LogP contribution in [0, 0.1) is 5.82 Å². The van der Waals surface area contributed by atoms with E-state index in [1.54, 1.807) is 43.5 Å². The van der Waals surface area contributed by atoms with Crippen LogP contribution < -0.4 is 14.6 Å². The number of ketones is 1. The Balaban J connectivity index is 1.62. The molecule has 1 aliphatic heterocycles. The highest BCUT2D eigenvalue weighted by molar-refractivity contribution is 7.90. The molecule has 1 aliphatic rings. The second kappa shape index (κ2) is 7.58. The van der Waals surface area contributed by atoms with E-state index < -0.39 is 16.0 Å². The lowest BCUT2D eigenvalue weighted by molar-refractivity contribution is 0.103. The first kappa shape index (κ1) is 20.1. The maximum absolute atomic E-state index is 14.7. The van der Waals surface area contributed by atoms with Crippen molar-refractivity contribution in [2.45, 2.75) is 18.9 Å². The molecule has 0 fully saturated rings. The van der Waals surface area contributed by atoms with Gasteiger partial charge in [-0.3, -0.25) is 9.52 Å². The summed E-state index contributed by atoms with van der Waals surface area (Å²) in [5, 5.41) is 4.93. The van der Waals surface area contributed by atoms with Crippen LogP contribution in [0.3, 0.4) is 0 Å². The second-order valence-electron chi connectivity index (χ2n) is 7.08. The fourth-order valence-electron chi connectivity index (χ4n) is 3.88. The highest BCUT2D eigenvalue weighted by atomic mass is 32.2. The number of methoxy groups -OCH3 is 1. The molecule has 2 aromatic carbocycles. The molecule has 3 N–H and O–H groups in total. The number of aromatic nitrogens is 1. The van der Waals surface area contributed by atoms with Gasteiger partial charge in [0.05, 0.1) is 18.5 Å². The molecule has 1 unspecified atom stereocenters. The number of anilines is 1. The molecule has 0 aliphatic carbocycles. The lowest BCUT2D eigenvalue weighted by Gasteiger charge is -2.13. The van der Waals surface area contributed by atoms with E-state index in [0.717, 1.165) is 11.8 Å². The maximum Gasteiger partial charge on any atom is 0.296 e. The highest BCUT2D eigenvalue weighted by Crippen LogP contribution is 2.38. The molecule has 0 saturated carbocycles. The van der Waals surface area contributed by atoms with E-state index in [0.29, 0.717) is 35.5 Å². The van der Waals surface area contributed by atoms with Crippen LogP contribution in [-0.4, -0.2) is 25.9 Å². The van der Waals surface area contributed by atoms with Gasteiger partial charge in [0.1, 0.15) is 11.6 Å². The molecule has 1 aromatic heterocycles. The number of benzene rings is 2. The Bertz CT molecular complexity index is 1220. The minimum atomic E-state index is -3.98. The number of fused-ring (bicyclic) bond motifs is 1. The second-order valence-corrected chi connectivity index (χ2v) is 8.37. The topological polar surface area (TPSA) is 103 Å². The molecule has 1 atom stereocenters. The predicted molar refractivity (Wildman–Crippen MR) is 110 cm³/mol. The summed E-state index contributed by atoms with van der Waals surface area (Å²) in [6.45, 7) is 0.584. The van der Waals surface area contributed by atoms with E-state index in [4.69, 9.17) is 9.88 Å². The largest absolute Gasteiger partial charge is 0.497 e. The first-order valence-corrected chi connectivity index (χ1v) is 10.8. The Hall–Kier alpha value is -3.17. The highest BCUT2D eigenvalue weighted by Gasteiger charge is 2.30. The van der Waals surface area contributed by atoms with Gasteiger partial charge in [-0.15, -0.1) is 0 Å². The molecule has 9 heteroatoms. The van der Waals surface area contributed by atoms with Crippen LogP contribution in [0.5, 0.6) is 5.75 Å². The number of nitrogens with two attached hydrogens (primary N) is 1. The summed E-state index contributed by atoms with van der Waals surface area (Å²) in [4.78, 5) is 12.9. The minimum Gasteiger partial charge on any atom is -0.497 e. The van der Waals surface area contributed by atoms with Crippen molar-refractivity contribution < 1.29 is 22.3 Å². The van der Waals surface area contributed by atoms with Gasteiger partial charge < -0.3 is 9.30 Å². The van der Waals surface area contributed by atoms with E-state index in [1.807, 2.05) is 10.6 Å². The predicted octanol–water partition coefficient (Wildman–Crippen LogP) is 3.02. The van der Waals surface area contributed by atoms with Gasteiger partial charge in [-0.1, -0.05) is 6.07 Å². The van der Waals surface area contributed by atoms with Gasteiger partial charge in [0.15, 0.2) is 0 Å². The molecule has 0 saturated heterocycles. The van der Waals surface area contributed by atoms with Crippen LogP contribution in [0.25, 0.3) is 0 Å². The van der Waals surface area contributed by atoms with Crippen molar-refractivity contribution in [3.63, 3.8) is 0 Å². The smallest absolute Gasteiger partial charge is 0.296 e. The van der Waals surface area contributed by atoms with E-state index in [1.165, 1.54) is 6.07 Å². The zero-order valence-corrected chi connectivity index (χ0v) is 16.9. The van der Waals surface area contributed by atoms with Crippen LogP contribution >= 0.6 is 0 Å². The molecule has 7 nitrogen and oxygen atoms in total. The van der Waals surface area contributed by atoms with Gasteiger partial charge in [0.2, 0.25) is 5.78 Å². The number of halogens is 1. The van der Waals surface area contributed by atoms with Crippen LogP contribution in [0.4, 0.5) is 10.1 Å². The lowest BCUT2D eigenvalue weighted by atomic mass is 9.94. The van der Waals surface area contributed by atoms with E-state index in [9.17, 15) is 17.6 Å². The first-order valence-electron chi connectivity index (χ1n) is 9.25. The van der Waals surface area contributed by atoms with Crippen LogP contribution in [0.15, 0.2) is 54.6 Å². The normalized spacial score (nSPS) is 15.6. The van der Waals surface area contributed by atoms with Gasteiger partial charge in [0, 0.05) is 23.7 Å². The summed E-state index contributed by atoms with van der Waals surface area (Å²) in [6, 6.07) is 14.6. The monoisotopic (exact) mass is 429 g/mol. The standard InChI is InChI=1S/C21H20FN3O4S/c1-29-15-5-2-13(3-6-15)21(26)20-9-8-19-17(10-11-25(19)20)16-7-4-14(12-18(16)22)24-30(23,27)28/h2-9,12,17,24H,10-11H2,1H3,(H2,23,27,28). The number of rotatable bonds is 6. The van der Waals surface area contributed by atoms with Crippen LogP contribution in [-0.2, 0) is 16.8 Å². The lowest BCUT2D eigenvalue weighted by Crippen LogP contribution is -2.21. The van der Waals surface area contributed by atoms with Crippen molar-refractivity contribution in [2.24, 2.45) is 5.14 Å². The fraction of sp³-hybridized carbons (Fsp3) is 0.190. The Morgan fingerprint density at radius 3 is 2.53 bits per heavy atom. The number of carbonyl (C=O) groups is 1. The molecule has 0 radical (unpaired) electrons. The third-order valence-corrected chi connectivity index (χ3v) is 5.75. The zero-order chi connectivity index (χ0) is 21.5. The summed E-state index contributed by atoms with van der Waals surface area (Å²) in [5.74, 6) is -0.210. The molecule has 3 aromatic rings. The Morgan fingerprint density at radius 1 is 1.17 bits per heavy atom. The van der Waals surface area contributed by atoms with Crippen molar-refractivity contribution in [1.82, 2.24) is 4.57 Å². The number of carbonyl (C=O) groups excluding carboxylic acids is 1. The van der Waals surface area contributed by atoms with Crippen molar-refractivity contribution in [3.8, 4) is 5.75 Å². The molecule has 0 spiro atoms. The third-order valence-electron chi connectivity index (χ3n) is 5.23. The Kier molecular flexibility index (Phi) is 5.08. The van der Waals surface area contributed by atoms with E-state index >= 15 is 0 Å². The average molecular weight is 429 g/mol. The summed E-state index contributed by atoms with van der Waals surface area (Å²) >= 11 is 0. The van der Waals surface area contributed by atoms with Gasteiger partial charge in [-0.05, 0) is 60.5 Å². The number of ether oxygens (including phenoxy) is 1. The van der Waals surface area contributed by atoms with Crippen LogP contribution in [0.1, 0.15) is 39.6 Å². The molecule has 0 bridgehead atoms. The Morgan fingerprint density at radius 2 is 1.90 bits per heavy atom. The Labute approximate surface area is 173 Å².